The van der Waals surface area contributed by atoms with Gasteiger partial charge in [-0.2, -0.15) is 11.3 Å². The molecule has 1 saturated carbocycles. The fraction of sp³-hybridized carbons (Fsp3) is 0.444. The van der Waals surface area contributed by atoms with Gasteiger partial charge in [0.05, 0.1) is 0 Å². The van der Waals surface area contributed by atoms with Gasteiger partial charge in [0, 0.05) is 29.0 Å². The molecule has 1 aliphatic rings. The highest BCUT2D eigenvalue weighted by molar-refractivity contribution is 7.08. The highest BCUT2D eigenvalue weighted by atomic mass is 32.1. The quantitative estimate of drug-likeness (QED) is 0.733. The largest absolute Gasteiger partial charge is 0.399 e. The molecule has 3 rings (SSSR count). The van der Waals surface area contributed by atoms with E-state index in [4.69, 9.17) is 11.5 Å². The smallest absolute Gasteiger partial charge is 0.0395 e. The van der Waals surface area contributed by atoms with Crippen LogP contribution in [-0.4, -0.2) is 5.54 Å². The van der Waals surface area contributed by atoms with E-state index in [-0.39, 0.29) is 5.54 Å². The van der Waals surface area contributed by atoms with Crippen LogP contribution in [-0.2, 0) is 6.54 Å². The molecule has 0 amide bonds. The van der Waals surface area contributed by atoms with Crippen LogP contribution in [0.1, 0.15) is 44.6 Å². The zero-order valence-corrected chi connectivity index (χ0v) is 14.0. The number of hydrogen-bond donors (Lipinski definition) is 3. The lowest BCUT2D eigenvalue weighted by Gasteiger charge is -2.35. The molecule has 1 aliphatic carbocycles. The van der Waals surface area contributed by atoms with Crippen molar-refractivity contribution in [2.45, 2.75) is 51.1 Å². The molecule has 0 radical (unpaired) electrons. The first-order valence-electron chi connectivity index (χ1n) is 8.03. The maximum atomic E-state index is 6.14. The van der Waals surface area contributed by atoms with Gasteiger partial charge in [0.25, 0.3) is 0 Å². The third-order valence-corrected chi connectivity index (χ3v) is 5.56. The number of nitrogens with one attached hydrogen (secondary N) is 1. The van der Waals surface area contributed by atoms with Crippen molar-refractivity contribution in [3.63, 3.8) is 0 Å². The van der Waals surface area contributed by atoms with Crippen molar-refractivity contribution in [2.75, 3.05) is 11.5 Å². The van der Waals surface area contributed by atoms with Gasteiger partial charge in [-0.3, -0.25) is 0 Å². The van der Waals surface area contributed by atoms with Crippen LogP contribution in [0.2, 0.25) is 0 Å². The lowest BCUT2D eigenvalue weighted by molar-refractivity contribution is 0.252. The fourth-order valence-corrected chi connectivity index (χ4v) is 4.18. The van der Waals surface area contributed by atoms with Gasteiger partial charge >= 0.3 is 0 Å². The zero-order valence-electron chi connectivity index (χ0n) is 13.2. The molecule has 4 heteroatoms. The summed E-state index contributed by atoms with van der Waals surface area (Å²) < 4.78 is 0. The Hall–Kier alpha value is -1.52. The van der Waals surface area contributed by atoms with E-state index in [1.807, 2.05) is 18.2 Å². The Morgan fingerprint density at radius 2 is 1.86 bits per heavy atom. The van der Waals surface area contributed by atoms with E-state index >= 15 is 0 Å². The molecular formula is C18H25N3S. The van der Waals surface area contributed by atoms with Crippen molar-refractivity contribution in [3.8, 4) is 11.1 Å². The van der Waals surface area contributed by atoms with E-state index in [0.717, 1.165) is 23.5 Å². The third kappa shape index (κ3) is 3.28. The molecule has 5 N–H and O–H groups in total. The molecule has 0 spiro atoms. The Kier molecular flexibility index (Phi) is 4.41. The molecular weight excluding hydrogens is 290 g/mol. The summed E-state index contributed by atoms with van der Waals surface area (Å²) in [6.07, 6.45) is 6.59. The van der Waals surface area contributed by atoms with Crippen LogP contribution in [0.25, 0.3) is 11.1 Å². The van der Waals surface area contributed by atoms with Crippen molar-refractivity contribution in [1.82, 2.24) is 5.32 Å². The SMILES string of the molecule is CC1(NCc2cscc2-c2cc(N)ccc2N)CCCCC1. The molecule has 3 nitrogen and oxygen atoms in total. The van der Waals surface area contributed by atoms with E-state index in [1.165, 1.54) is 43.2 Å². The summed E-state index contributed by atoms with van der Waals surface area (Å²) in [5, 5.41) is 8.17. The highest BCUT2D eigenvalue weighted by Gasteiger charge is 2.26. The molecule has 0 bridgehead atoms. The van der Waals surface area contributed by atoms with Crippen LogP contribution in [0, 0.1) is 0 Å². The van der Waals surface area contributed by atoms with Crippen LogP contribution in [0.4, 0.5) is 11.4 Å². The van der Waals surface area contributed by atoms with E-state index in [0.29, 0.717) is 0 Å². The predicted molar refractivity (Wildman–Crippen MR) is 96.9 cm³/mol. The van der Waals surface area contributed by atoms with Crippen LogP contribution >= 0.6 is 11.3 Å². The molecule has 1 heterocycles. The molecule has 0 saturated heterocycles. The van der Waals surface area contributed by atoms with Crippen molar-refractivity contribution >= 4 is 22.7 Å². The third-order valence-electron chi connectivity index (χ3n) is 4.77. The molecule has 1 aromatic heterocycles. The second kappa shape index (κ2) is 6.31. The van der Waals surface area contributed by atoms with Gasteiger partial charge < -0.3 is 16.8 Å². The maximum Gasteiger partial charge on any atom is 0.0395 e. The summed E-state index contributed by atoms with van der Waals surface area (Å²) in [5.74, 6) is 0. The molecule has 0 aliphatic heterocycles. The van der Waals surface area contributed by atoms with Crippen molar-refractivity contribution < 1.29 is 0 Å². The first kappa shape index (κ1) is 15.4. The van der Waals surface area contributed by atoms with Gasteiger partial charge in [-0.25, -0.2) is 0 Å². The predicted octanol–water partition coefficient (Wildman–Crippen LogP) is 4.39. The maximum absolute atomic E-state index is 6.14. The van der Waals surface area contributed by atoms with Gasteiger partial charge in [0.2, 0.25) is 0 Å². The Balaban J connectivity index is 1.79. The standard InChI is InChI=1S/C18H25N3S/c1-18(7-3-2-4-8-18)21-10-13-11-22-12-16(13)15-9-14(19)5-6-17(15)20/h5-6,9,11-12,21H,2-4,7-8,10,19-20H2,1H3. The van der Waals surface area contributed by atoms with Crippen LogP contribution in [0.5, 0.6) is 0 Å². The van der Waals surface area contributed by atoms with Gasteiger partial charge in [0.1, 0.15) is 0 Å². The lowest BCUT2D eigenvalue weighted by Crippen LogP contribution is -2.43. The van der Waals surface area contributed by atoms with Gasteiger partial charge in [0.15, 0.2) is 0 Å². The minimum atomic E-state index is 0.277. The fourth-order valence-electron chi connectivity index (χ4n) is 3.32. The number of nitrogen functional groups attached to an aromatic ring is 2. The van der Waals surface area contributed by atoms with Crippen LogP contribution in [0.15, 0.2) is 29.0 Å². The van der Waals surface area contributed by atoms with Crippen molar-refractivity contribution in [3.05, 3.63) is 34.5 Å². The molecule has 1 fully saturated rings. The molecule has 0 unspecified atom stereocenters. The second-order valence-electron chi connectivity index (χ2n) is 6.63. The number of thiophene rings is 1. The highest BCUT2D eigenvalue weighted by Crippen LogP contribution is 2.34. The summed E-state index contributed by atoms with van der Waals surface area (Å²) in [5.41, 5.74) is 17.5. The van der Waals surface area contributed by atoms with Gasteiger partial charge in [-0.15, -0.1) is 0 Å². The summed E-state index contributed by atoms with van der Waals surface area (Å²) in [6.45, 7) is 3.25. The summed E-state index contributed by atoms with van der Waals surface area (Å²) in [6, 6.07) is 5.72. The van der Waals surface area contributed by atoms with E-state index in [2.05, 4.69) is 23.0 Å². The zero-order chi connectivity index (χ0) is 15.6. The molecule has 22 heavy (non-hydrogen) atoms. The summed E-state index contributed by atoms with van der Waals surface area (Å²) in [7, 11) is 0. The topological polar surface area (TPSA) is 64.1 Å². The van der Waals surface area contributed by atoms with Gasteiger partial charge in [-0.05, 0) is 59.9 Å². The average molecular weight is 315 g/mol. The van der Waals surface area contributed by atoms with Crippen molar-refractivity contribution in [1.29, 1.82) is 0 Å². The molecule has 118 valence electrons. The van der Waals surface area contributed by atoms with Crippen molar-refractivity contribution in [2.24, 2.45) is 0 Å². The number of anilines is 2. The molecule has 0 atom stereocenters. The average Bonchev–Trinajstić information content (AvgIpc) is 2.97. The summed E-state index contributed by atoms with van der Waals surface area (Å²) in [4.78, 5) is 0. The van der Waals surface area contributed by atoms with Crippen LogP contribution in [0.3, 0.4) is 0 Å². The van der Waals surface area contributed by atoms with Crippen LogP contribution < -0.4 is 16.8 Å². The van der Waals surface area contributed by atoms with E-state index in [9.17, 15) is 0 Å². The Morgan fingerprint density at radius 3 is 2.64 bits per heavy atom. The monoisotopic (exact) mass is 315 g/mol. The number of hydrogen-bond acceptors (Lipinski definition) is 4. The normalized spacial score (nSPS) is 17.5. The van der Waals surface area contributed by atoms with Gasteiger partial charge in [-0.1, -0.05) is 19.3 Å². The van der Waals surface area contributed by atoms with E-state index in [1.54, 1.807) is 11.3 Å². The number of nitrogens with two attached hydrogens (primary N) is 2. The first-order chi connectivity index (χ1) is 10.6. The lowest BCUT2D eigenvalue weighted by atomic mass is 9.83. The minimum Gasteiger partial charge on any atom is -0.399 e. The van der Waals surface area contributed by atoms with E-state index < -0.39 is 0 Å². The number of rotatable bonds is 4. The Labute approximate surface area is 136 Å². The second-order valence-corrected chi connectivity index (χ2v) is 7.38. The Morgan fingerprint density at radius 1 is 1.09 bits per heavy atom. The molecule has 1 aromatic carbocycles. The minimum absolute atomic E-state index is 0.277. The summed E-state index contributed by atoms with van der Waals surface area (Å²) >= 11 is 1.72. The Bertz CT molecular complexity index is 642. The number of benzene rings is 1. The first-order valence-corrected chi connectivity index (χ1v) is 8.97. The molecule has 2 aromatic rings.